The molecule has 0 spiro atoms. The SMILES string of the molecule is CCn1cc(COc2ccccc2O)nc1C(=O)O. The Labute approximate surface area is 109 Å². The van der Waals surface area contributed by atoms with Crippen molar-refractivity contribution in [3.05, 3.63) is 42.0 Å². The minimum Gasteiger partial charge on any atom is -0.504 e. The predicted octanol–water partition coefficient (Wildman–Crippen LogP) is 1.89. The summed E-state index contributed by atoms with van der Waals surface area (Å²) >= 11 is 0. The Morgan fingerprint density at radius 3 is 2.74 bits per heavy atom. The molecule has 1 heterocycles. The van der Waals surface area contributed by atoms with Crippen LogP contribution in [0.5, 0.6) is 11.5 Å². The maximum Gasteiger partial charge on any atom is 0.372 e. The van der Waals surface area contributed by atoms with E-state index < -0.39 is 5.97 Å². The molecule has 1 aromatic heterocycles. The molecular weight excluding hydrogens is 248 g/mol. The summed E-state index contributed by atoms with van der Waals surface area (Å²) in [7, 11) is 0. The number of aryl methyl sites for hydroxylation is 1. The van der Waals surface area contributed by atoms with Crippen LogP contribution in [0.4, 0.5) is 0 Å². The van der Waals surface area contributed by atoms with E-state index in [-0.39, 0.29) is 18.2 Å². The molecule has 0 unspecified atom stereocenters. The summed E-state index contributed by atoms with van der Waals surface area (Å²) in [6.07, 6.45) is 1.63. The third-order valence-electron chi connectivity index (χ3n) is 2.60. The lowest BCUT2D eigenvalue weighted by atomic mass is 10.3. The fraction of sp³-hybridized carbons (Fsp3) is 0.231. The van der Waals surface area contributed by atoms with Crippen molar-refractivity contribution in [3.63, 3.8) is 0 Å². The van der Waals surface area contributed by atoms with Crippen molar-refractivity contribution < 1.29 is 19.7 Å². The van der Waals surface area contributed by atoms with Crippen LogP contribution >= 0.6 is 0 Å². The highest BCUT2D eigenvalue weighted by Crippen LogP contribution is 2.25. The molecule has 6 heteroatoms. The zero-order valence-corrected chi connectivity index (χ0v) is 10.4. The van der Waals surface area contributed by atoms with Gasteiger partial charge in [0.2, 0.25) is 5.82 Å². The van der Waals surface area contributed by atoms with Crippen molar-refractivity contribution in [2.24, 2.45) is 0 Å². The maximum atomic E-state index is 11.0. The van der Waals surface area contributed by atoms with Crippen LogP contribution in [0, 0.1) is 0 Å². The molecule has 0 saturated carbocycles. The Balaban J connectivity index is 2.12. The number of rotatable bonds is 5. The van der Waals surface area contributed by atoms with Crippen molar-refractivity contribution in [1.29, 1.82) is 0 Å². The quantitative estimate of drug-likeness (QED) is 0.859. The number of benzene rings is 1. The van der Waals surface area contributed by atoms with Gasteiger partial charge in [-0.3, -0.25) is 0 Å². The number of aromatic hydroxyl groups is 1. The summed E-state index contributed by atoms with van der Waals surface area (Å²) in [6, 6.07) is 6.58. The van der Waals surface area contributed by atoms with Crippen LogP contribution in [0.3, 0.4) is 0 Å². The molecule has 0 aliphatic carbocycles. The molecule has 2 aromatic rings. The Bertz CT molecular complexity index is 592. The van der Waals surface area contributed by atoms with E-state index in [2.05, 4.69) is 4.98 Å². The van der Waals surface area contributed by atoms with Gasteiger partial charge in [-0.05, 0) is 19.1 Å². The Morgan fingerprint density at radius 1 is 1.42 bits per heavy atom. The molecule has 0 saturated heterocycles. The number of imidazole rings is 1. The van der Waals surface area contributed by atoms with Gasteiger partial charge in [0.25, 0.3) is 0 Å². The van der Waals surface area contributed by atoms with Gasteiger partial charge in [-0.2, -0.15) is 0 Å². The number of phenols is 1. The van der Waals surface area contributed by atoms with E-state index in [0.29, 0.717) is 18.0 Å². The molecule has 1 aromatic carbocycles. The Hall–Kier alpha value is -2.50. The van der Waals surface area contributed by atoms with E-state index in [4.69, 9.17) is 9.84 Å². The van der Waals surface area contributed by atoms with Crippen LogP contribution < -0.4 is 4.74 Å². The van der Waals surface area contributed by atoms with Crippen LogP contribution in [0.25, 0.3) is 0 Å². The van der Waals surface area contributed by atoms with Gasteiger partial charge in [0.15, 0.2) is 11.5 Å². The number of para-hydroxylation sites is 2. The zero-order chi connectivity index (χ0) is 13.8. The van der Waals surface area contributed by atoms with Crippen molar-refractivity contribution in [1.82, 2.24) is 9.55 Å². The highest BCUT2D eigenvalue weighted by atomic mass is 16.5. The standard InChI is InChI=1S/C13H14N2O4/c1-2-15-7-9(14-12(15)13(17)18)8-19-11-6-4-3-5-10(11)16/h3-7,16H,2,8H2,1H3,(H,17,18). The van der Waals surface area contributed by atoms with E-state index in [1.165, 1.54) is 10.6 Å². The monoisotopic (exact) mass is 262 g/mol. The van der Waals surface area contributed by atoms with E-state index >= 15 is 0 Å². The van der Waals surface area contributed by atoms with Gasteiger partial charge in [-0.15, -0.1) is 0 Å². The topological polar surface area (TPSA) is 84.6 Å². The number of ether oxygens (including phenoxy) is 1. The van der Waals surface area contributed by atoms with Gasteiger partial charge in [0, 0.05) is 12.7 Å². The van der Waals surface area contributed by atoms with Crippen LogP contribution in [-0.4, -0.2) is 25.7 Å². The average Bonchev–Trinajstić information content (AvgIpc) is 2.81. The van der Waals surface area contributed by atoms with Gasteiger partial charge in [0.05, 0.1) is 5.69 Å². The summed E-state index contributed by atoms with van der Waals surface area (Å²) in [6.45, 7) is 2.46. The molecule has 6 nitrogen and oxygen atoms in total. The number of nitrogens with zero attached hydrogens (tertiary/aromatic N) is 2. The summed E-state index contributed by atoms with van der Waals surface area (Å²) in [4.78, 5) is 14.9. The van der Waals surface area contributed by atoms with Crippen LogP contribution in [0.2, 0.25) is 0 Å². The summed E-state index contributed by atoms with van der Waals surface area (Å²) in [5.41, 5.74) is 0.502. The van der Waals surface area contributed by atoms with Crippen molar-refractivity contribution in [2.75, 3.05) is 0 Å². The Kier molecular flexibility index (Phi) is 3.70. The van der Waals surface area contributed by atoms with Crippen LogP contribution in [-0.2, 0) is 13.2 Å². The lowest BCUT2D eigenvalue weighted by Crippen LogP contribution is -2.07. The molecule has 2 rings (SSSR count). The van der Waals surface area contributed by atoms with E-state index in [1.807, 2.05) is 6.92 Å². The minimum absolute atomic E-state index is 0.0154. The lowest BCUT2D eigenvalue weighted by molar-refractivity contribution is 0.0678. The van der Waals surface area contributed by atoms with E-state index in [1.54, 1.807) is 24.4 Å². The first-order chi connectivity index (χ1) is 9.11. The summed E-state index contributed by atoms with van der Waals surface area (Å²) in [5.74, 6) is -0.713. The first-order valence-corrected chi connectivity index (χ1v) is 5.82. The number of hydrogen-bond acceptors (Lipinski definition) is 4. The molecule has 2 N–H and O–H groups in total. The maximum absolute atomic E-state index is 11.0. The average molecular weight is 262 g/mol. The van der Waals surface area contributed by atoms with Gasteiger partial charge in [-0.25, -0.2) is 9.78 Å². The van der Waals surface area contributed by atoms with Crippen LogP contribution in [0.15, 0.2) is 30.5 Å². The van der Waals surface area contributed by atoms with Gasteiger partial charge in [-0.1, -0.05) is 12.1 Å². The first kappa shape index (κ1) is 12.9. The second kappa shape index (κ2) is 5.43. The number of hydrogen-bond donors (Lipinski definition) is 2. The fourth-order valence-corrected chi connectivity index (χ4v) is 1.68. The number of carboxylic acid groups (broad SMARTS) is 1. The third kappa shape index (κ3) is 2.85. The molecule has 0 aliphatic rings. The Morgan fingerprint density at radius 2 is 2.16 bits per heavy atom. The molecule has 0 fully saturated rings. The van der Waals surface area contributed by atoms with Crippen LogP contribution in [0.1, 0.15) is 23.2 Å². The number of carboxylic acids is 1. The van der Waals surface area contributed by atoms with Crippen molar-refractivity contribution >= 4 is 5.97 Å². The molecular formula is C13H14N2O4. The molecule has 0 atom stereocenters. The highest BCUT2D eigenvalue weighted by molar-refractivity contribution is 5.83. The molecule has 0 radical (unpaired) electrons. The van der Waals surface area contributed by atoms with Crippen molar-refractivity contribution in [3.8, 4) is 11.5 Å². The molecule has 0 aliphatic heterocycles. The van der Waals surface area contributed by atoms with Gasteiger partial charge >= 0.3 is 5.97 Å². The number of aromatic nitrogens is 2. The number of carbonyl (C=O) groups is 1. The highest BCUT2D eigenvalue weighted by Gasteiger charge is 2.14. The van der Waals surface area contributed by atoms with Crippen molar-refractivity contribution in [2.45, 2.75) is 20.1 Å². The second-order valence-electron chi connectivity index (χ2n) is 3.90. The fourth-order valence-electron chi connectivity index (χ4n) is 1.68. The van der Waals surface area contributed by atoms with E-state index in [9.17, 15) is 9.90 Å². The van der Waals surface area contributed by atoms with Gasteiger partial charge in [0.1, 0.15) is 6.61 Å². The second-order valence-corrected chi connectivity index (χ2v) is 3.90. The minimum atomic E-state index is -1.07. The molecule has 19 heavy (non-hydrogen) atoms. The molecule has 100 valence electrons. The lowest BCUT2D eigenvalue weighted by Gasteiger charge is -2.05. The number of aromatic carboxylic acids is 1. The first-order valence-electron chi connectivity index (χ1n) is 5.82. The molecule has 0 amide bonds. The smallest absolute Gasteiger partial charge is 0.372 e. The summed E-state index contributed by atoms with van der Waals surface area (Å²) in [5, 5.41) is 18.5. The van der Waals surface area contributed by atoms with Gasteiger partial charge < -0.3 is 19.5 Å². The summed E-state index contributed by atoms with van der Waals surface area (Å²) < 4.78 is 6.93. The van der Waals surface area contributed by atoms with E-state index in [0.717, 1.165) is 0 Å². The largest absolute Gasteiger partial charge is 0.504 e. The predicted molar refractivity (Wildman–Crippen MR) is 67.3 cm³/mol. The normalized spacial score (nSPS) is 10.4. The third-order valence-corrected chi connectivity index (χ3v) is 2.60. The number of phenolic OH excluding ortho intramolecular Hbond substituents is 1. The zero-order valence-electron chi connectivity index (χ0n) is 10.4. The molecule has 0 bridgehead atoms.